The van der Waals surface area contributed by atoms with Gasteiger partial charge >= 0.3 is 0 Å². The summed E-state index contributed by atoms with van der Waals surface area (Å²) in [5.74, 6) is 0. The predicted molar refractivity (Wildman–Crippen MR) is 201 cm³/mol. The third kappa shape index (κ3) is 27.2. The van der Waals surface area contributed by atoms with Crippen LogP contribution in [0.25, 0.3) is 0 Å². The molecule has 0 aromatic rings. The summed E-state index contributed by atoms with van der Waals surface area (Å²) in [6.45, 7) is 9.63. The molecule has 256 valence electrons. The molecule has 44 heavy (non-hydrogen) atoms. The second-order valence-corrected chi connectivity index (χ2v) is 13.7. The summed E-state index contributed by atoms with van der Waals surface area (Å²) < 4.78 is 0. The van der Waals surface area contributed by atoms with Crippen LogP contribution < -0.4 is 0 Å². The monoisotopic (exact) mass is 611 g/mol. The highest BCUT2D eigenvalue weighted by atomic mass is 15.3. The van der Waals surface area contributed by atoms with Gasteiger partial charge in [0.25, 0.3) is 0 Å². The van der Waals surface area contributed by atoms with Gasteiger partial charge in [0.1, 0.15) is 0 Å². The van der Waals surface area contributed by atoms with Gasteiger partial charge < -0.3 is 4.90 Å². The van der Waals surface area contributed by atoms with Crippen LogP contribution in [0.2, 0.25) is 0 Å². The van der Waals surface area contributed by atoms with E-state index in [0.717, 1.165) is 18.9 Å². The van der Waals surface area contributed by atoms with Crippen LogP contribution in [0.5, 0.6) is 0 Å². The van der Waals surface area contributed by atoms with E-state index in [1.807, 2.05) is 0 Å². The molecule has 0 saturated carbocycles. The highest BCUT2D eigenvalue weighted by molar-refractivity contribution is 4.93. The lowest BCUT2D eigenvalue weighted by Crippen LogP contribution is -2.49. The average molecular weight is 611 g/mol. The highest BCUT2D eigenvalue weighted by Gasteiger charge is 2.21. The Morgan fingerprint density at radius 1 is 0.409 bits per heavy atom. The normalized spacial score (nSPS) is 15.5. The van der Waals surface area contributed by atoms with Crippen molar-refractivity contribution in [3.8, 4) is 0 Å². The van der Waals surface area contributed by atoms with E-state index in [1.165, 1.54) is 180 Å². The van der Waals surface area contributed by atoms with E-state index in [4.69, 9.17) is 0 Å². The third-order valence-electron chi connectivity index (χ3n) is 9.53. The van der Waals surface area contributed by atoms with Gasteiger partial charge in [0.15, 0.2) is 0 Å². The Morgan fingerprint density at radius 3 is 1.14 bits per heavy atom. The zero-order valence-corrected chi connectivity index (χ0v) is 30.3. The average Bonchev–Trinajstić information content (AvgIpc) is 3.03. The largest absolute Gasteiger partial charge is 0.304 e. The summed E-state index contributed by atoms with van der Waals surface area (Å²) in [5, 5.41) is 0. The van der Waals surface area contributed by atoms with E-state index >= 15 is 0 Å². The summed E-state index contributed by atoms with van der Waals surface area (Å²) in [7, 11) is 2.29. The van der Waals surface area contributed by atoms with E-state index in [2.05, 4.69) is 79.3 Å². The lowest BCUT2D eigenvalue weighted by Gasteiger charge is -2.38. The summed E-state index contributed by atoms with van der Waals surface area (Å²) in [6, 6.07) is 0.834. The molecule has 1 aliphatic rings. The van der Waals surface area contributed by atoms with Crippen LogP contribution in [0.3, 0.4) is 0 Å². The molecule has 0 aliphatic carbocycles. The van der Waals surface area contributed by atoms with Gasteiger partial charge in [0.05, 0.1) is 0 Å². The van der Waals surface area contributed by atoms with Crippen molar-refractivity contribution < 1.29 is 0 Å². The van der Waals surface area contributed by atoms with Gasteiger partial charge in [0, 0.05) is 32.2 Å². The minimum Gasteiger partial charge on any atom is -0.304 e. The van der Waals surface area contributed by atoms with Gasteiger partial charge in [-0.05, 0) is 84.1 Å². The molecule has 0 N–H and O–H groups in total. The Morgan fingerprint density at radius 2 is 0.750 bits per heavy atom. The predicted octanol–water partition coefficient (Wildman–Crippen LogP) is 13.0. The van der Waals surface area contributed by atoms with Gasteiger partial charge in [0.2, 0.25) is 0 Å². The molecule has 1 aliphatic heterocycles. The molecule has 1 fully saturated rings. The summed E-state index contributed by atoms with van der Waals surface area (Å²) in [5.41, 5.74) is 0. The Bertz CT molecular complexity index is 634. The fraction of sp³-hybridized carbons (Fsp3) is 0.810. The molecule has 0 spiro atoms. The molecule has 2 heteroatoms. The van der Waals surface area contributed by atoms with E-state index in [0.29, 0.717) is 0 Å². The van der Waals surface area contributed by atoms with Crippen LogP contribution in [0, 0.1) is 0 Å². The van der Waals surface area contributed by atoms with E-state index in [-0.39, 0.29) is 0 Å². The van der Waals surface area contributed by atoms with E-state index < -0.39 is 0 Å². The van der Waals surface area contributed by atoms with Crippen molar-refractivity contribution >= 4 is 0 Å². The number of hydrogen-bond donors (Lipinski definition) is 0. The topological polar surface area (TPSA) is 6.48 Å². The molecule has 0 atom stereocenters. The SMILES string of the molecule is CCCCC/C=C\C/C=C\CCCCCCCCC(CCCCCCCC/C=C\C/C=C\CCCCC)N1CCN(C)CC1. The zero-order chi connectivity index (χ0) is 31.6. The molecule has 1 rings (SSSR count). The summed E-state index contributed by atoms with van der Waals surface area (Å²) in [4.78, 5) is 5.36. The number of hydrogen-bond acceptors (Lipinski definition) is 2. The molecule has 0 radical (unpaired) electrons. The molecule has 0 unspecified atom stereocenters. The number of allylic oxidation sites excluding steroid dienone is 8. The number of rotatable bonds is 31. The second kappa shape index (κ2) is 33.2. The van der Waals surface area contributed by atoms with Crippen molar-refractivity contribution in [3.05, 3.63) is 48.6 Å². The standard InChI is InChI=1S/C42H78N2/c1-4-6-8-10-12-14-16-18-20-22-24-26-28-30-32-34-36-42(44-40-38-43(3)39-41-44)37-35-33-31-29-27-25-23-21-19-17-15-13-11-9-7-5-2/h12-15,18-21,42H,4-11,16-17,22-41H2,1-3H3/b14-12-,15-13-,20-18-,21-19-. The van der Waals surface area contributed by atoms with Crippen molar-refractivity contribution in [3.63, 3.8) is 0 Å². The Balaban J connectivity index is 2.06. The van der Waals surface area contributed by atoms with Crippen LogP contribution in [0.4, 0.5) is 0 Å². The minimum atomic E-state index is 0.834. The smallest absolute Gasteiger partial charge is 0.0113 e. The molecular formula is C42H78N2. The maximum Gasteiger partial charge on any atom is 0.0113 e. The zero-order valence-electron chi connectivity index (χ0n) is 30.3. The first-order valence-corrected chi connectivity index (χ1v) is 19.8. The quantitative estimate of drug-likeness (QED) is 0.0569. The Kier molecular flexibility index (Phi) is 30.9. The lowest BCUT2D eigenvalue weighted by atomic mass is 9.98. The number of piperazine rings is 1. The van der Waals surface area contributed by atoms with Gasteiger partial charge in [-0.3, -0.25) is 4.90 Å². The molecule has 0 bridgehead atoms. The van der Waals surface area contributed by atoms with Gasteiger partial charge in [-0.25, -0.2) is 0 Å². The van der Waals surface area contributed by atoms with Crippen LogP contribution >= 0.6 is 0 Å². The van der Waals surface area contributed by atoms with Crippen molar-refractivity contribution in [2.45, 2.75) is 187 Å². The lowest BCUT2D eigenvalue weighted by molar-refractivity contribution is 0.0989. The van der Waals surface area contributed by atoms with Crippen molar-refractivity contribution in [1.82, 2.24) is 9.80 Å². The molecule has 0 aromatic heterocycles. The maximum absolute atomic E-state index is 2.85. The first-order chi connectivity index (χ1) is 21.8. The van der Waals surface area contributed by atoms with Crippen molar-refractivity contribution in [1.29, 1.82) is 0 Å². The molecule has 2 nitrogen and oxygen atoms in total. The van der Waals surface area contributed by atoms with Gasteiger partial charge in [-0.15, -0.1) is 0 Å². The van der Waals surface area contributed by atoms with Crippen molar-refractivity contribution in [2.75, 3.05) is 33.2 Å². The fourth-order valence-electron chi connectivity index (χ4n) is 6.43. The highest BCUT2D eigenvalue weighted by Crippen LogP contribution is 2.20. The second-order valence-electron chi connectivity index (χ2n) is 13.7. The van der Waals surface area contributed by atoms with E-state index in [9.17, 15) is 0 Å². The van der Waals surface area contributed by atoms with Crippen LogP contribution in [0.1, 0.15) is 181 Å². The Hall–Kier alpha value is -1.12. The van der Waals surface area contributed by atoms with Crippen molar-refractivity contribution in [2.24, 2.45) is 0 Å². The molecule has 1 heterocycles. The maximum atomic E-state index is 2.85. The molecule has 0 aromatic carbocycles. The number of likely N-dealkylation sites (N-methyl/N-ethyl adjacent to an activating group) is 1. The molecule has 1 saturated heterocycles. The van der Waals surface area contributed by atoms with E-state index in [1.54, 1.807) is 0 Å². The number of nitrogens with zero attached hydrogens (tertiary/aromatic N) is 2. The first kappa shape index (κ1) is 40.9. The first-order valence-electron chi connectivity index (χ1n) is 19.8. The van der Waals surface area contributed by atoms with Crippen LogP contribution in [0.15, 0.2) is 48.6 Å². The van der Waals surface area contributed by atoms with Gasteiger partial charge in [-0.1, -0.05) is 152 Å². The summed E-state index contributed by atoms with van der Waals surface area (Å²) >= 11 is 0. The fourth-order valence-corrected chi connectivity index (χ4v) is 6.43. The van der Waals surface area contributed by atoms with Gasteiger partial charge in [-0.2, -0.15) is 0 Å². The molecular weight excluding hydrogens is 532 g/mol. The number of unbranched alkanes of at least 4 members (excludes halogenated alkanes) is 18. The molecule has 0 amide bonds. The Labute approximate surface area is 277 Å². The van der Waals surface area contributed by atoms with Crippen LogP contribution in [-0.2, 0) is 0 Å². The summed E-state index contributed by atoms with van der Waals surface area (Å²) in [6.07, 6.45) is 54.2. The van der Waals surface area contributed by atoms with Crippen LogP contribution in [-0.4, -0.2) is 49.1 Å². The minimum absolute atomic E-state index is 0.834. The third-order valence-corrected chi connectivity index (χ3v) is 9.53.